The number of benzene rings is 1. The van der Waals surface area contributed by atoms with Crippen LogP contribution < -0.4 is 10.6 Å². The third-order valence-corrected chi connectivity index (χ3v) is 4.34. The summed E-state index contributed by atoms with van der Waals surface area (Å²) in [6, 6.07) is 8.92. The van der Waals surface area contributed by atoms with Crippen molar-refractivity contribution in [3.8, 4) is 0 Å². The SMILES string of the molecule is O=C(NCCNC(=O)c1nc(C2CCCCC2)no1)c1ccccc1. The second-order valence-corrected chi connectivity index (χ2v) is 6.17. The highest BCUT2D eigenvalue weighted by Crippen LogP contribution is 2.30. The molecule has 1 aromatic carbocycles. The number of hydrogen-bond acceptors (Lipinski definition) is 5. The van der Waals surface area contributed by atoms with E-state index in [-0.39, 0.29) is 11.8 Å². The summed E-state index contributed by atoms with van der Waals surface area (Å²) in [5.41, 5.74) is 0.586. The topological polar surface area (TPSA) is 97.1 Å². The molecule has 1 heterocycles. The van der Waals surface area contributed by atoms with E-state index in [9.17, 15) is 9.59 Å². The van der Waals surface area contributed by atoms with E-state index in [0.29, 0.717) is 30.4 Å². The molecule has 0 unspecified atom stereocenters. The fraction of sp³-hybridized carbons (Fsp3) is 0.444. The molecule has 7 nitrogen and oxygen atoms in total. The van der Waals surface area contributed by atoms with Crippen molar-refractivity contribution in [1.29, 1.82) is 0 Å². The van der Waals surface area contributed by atoms with Crippen molar-refractivity contribution in [3.63, 3.8) is 0 Å². The summed E-state index contributed by atoms with van der Waals surface area (Å²) >= 11 is 0. The smallest absolute Gasteiger partial charge is 0.315 e. The normalized spacial score (nSPS) is 14.9. The first-order valence-corrected chi connectivity index (χ1v) is 8.69. The van der Waals surface area contributed by atoms with Gasteiger partial charge in [0.15, 0.2) is 5.82 Å². The van der Waals surface area contributed by atoms with Gasteiger partial charge in [0, 0.05) is 24.6 Å². The molecule has 2 aromatic rings. The minimum atomic E-state index is -0.413. The highest BCUT2D eigenvalue weighted by atomic mass is 16.5. The molecular formula is C18H22N4O3. The van der Waals surface area contributed by atoms with E-state index in [1.54, 1.807) is 24.3 Å². The van der Waals surface area contributed by atoms with Gasteiger partial charge in [-0.3, -0.25) is 9.59 Å². The molecular weight excluding hydrogens is 320 g/mol. The molecule has 2 amide bonds. The van der Waals surface area contributed by atoms with Crippen molar-refractivity contribution in [2.75, 3.05) is 13.1 Å². The summed E-state index contributed by atoms with van der Waals surface area (Å²) in [6.45, 7) is 0.613. The summed E-state index contributed by atoms with van der Waals surface area (Å²) in [6.07, 6.45) is 5.68. The van der Waals surface area contributed by atoms with E-state index in [4.69, 9.17) is 4.52 Å². The van der Waals surface area contributed by atoms with Gasteiger partial charge in [-0.25, -0.2) is 0 Å². The summed E-state index contributed by atoms with van der Waals surface area (Å²) in [5, 5.41) is 9.35. The third kappa shape index (κ3) is 4.65. The van der Waals surface area contributed by atoms with Crippen LogP contribution in [0.3, 0.4) is 0 Å². The fourth-order valence-electron chi connectivity index (χ4n) is 2.97. The molecule has 0 atom stereocenters. The lowest BCUT2D eigenvalue weighted by molar-refractivity contribution is 0.0898. The van der Waals surface area contributed by atoms with Crippen LogP contribution >= 0.6 is 0 Å². The molecule has 3 rings (SSSR count). The first-order chi connectivity index (χ1) is 12.2. The van der Waals surface area contributed by atoms with Gasteiger partial charge in [0.25, 0.3) is 5.91 Å². The van der Waals surface area contributed by atoms with Gasteiger partial charge in [-0.15, -0.1) is 0 Å². The van der Waals surface area contributed by atoms with E-state index in [0.717, 1.165) is 12.8 Å². The Balaban J connectivity index is 1.42. The van der Waals surface area contributed by atoms with Crippen molar-refractivity contribution in [2.24, 2.45) is 0 Å². The Morgan fingerprint density at radius 1 is 1.00 bits per heavy atom. The molecule has 1 fully saturated rings. The van der Waals surface area contributed by atoms with Crippen LogP contribution in [0, 0.1) is 0 Å². The van der Waals surface area contributed by atoms with E-state index >= 15 is 0 Å². The lowest BCUT2D eigenvalue weighted by Gasteiger charge is -2.17. The van der Waals surface area contributed by atoms with Crippen LogP contribution in [0.25, 0.3) is 0 Å². The van der Waals surface area contributed by atoms with E-state index in [1.807, 2.05) is 6.07 Å². The number of rotatable bonds is 6. The molecule has 7 heteroatoms. The molecule has 0 aliphatic heterocycles. The molecule has 0 bridgehead atoms. The largest absolute Gasteiger partial charge is 0.350 e. The predicted octanol–water partition coefficient (Wildman–Crippen LogP) is 2.28. The van der Waals surface area contributed by atoms with Crippen molar-refractivity contribution >= 4 is 11.8 Å². The van der Waals surface area contributed by atoms with E-state index in [2.05, 4.69) is 20.8 Å². The summed E-state index contributed by atoms with van der Waals surface area (Å²) < 4.78 is 5.07. The second-order valence-electron chi connectivity index (χ2n) is 6.17. The number of nitrogens with zero attached hydrogens (tertiary/aromatic N) is 2. The van der Waals surface area contributed by atoms with Crippen molar-refractivity contribution in [1.82, 2.24) is 20.8 Å². The van der Waals surface area contributed by atoms with Crippen LogP contribution in [0.4, 0.5) is 0 Å². The Bertz CT molecular complexity index is 708. The van der Waals surface area contributed by atoms with Crippen LogP contribution in [-0.4, -0.2) is 35.0 Å². The van der Waals surface area contributed by atoms with Gasteiger partial charge < -0.3 is 15.2 Å². The van der Waals surface area contributed by atoms with Gasteiger partial charge in [0.2, 0.25) is 0 Å². The number of aromatic nitrogens is 2. The maximum absolute atomic E-state index is 12.0. The summed E-state index contributed by atoms with van der Waals surface area (Å²) in [5.74, 6) is 0.317. The molecule has 0 saturated heterocycles. The number of nitrogens with one attached hydrogen (secondary N) is 2. The van der Waals surface area contributed by atoms with Gasteiger partial charge >= 0.3 is 11.8 Å². The second kappa shape index (κ2) is 8.41. The summed E-state index contributed by atoms with van der Waals surface area (Å²) in [4.78, 5) is 28.1. The zero-order chi connectivity index (χ0) is 17.5. The van der Waals surface area contributed by atoms with Crippen molar-refractivity contribution in [3.05, 3.63) is 47.6 Å². The van der Waals surface area contributed by atoms with Gasteiger partial charge in [-0.05, 0) is 25.0 Å². The lowest BCUT2D eigenvalue weighted by Crippen LogP contribution is -2.34. The predicted molar refractivity (Wildman–Crippen MR) is 91.2 cm³/mol. The quantitative estimate of drug-likeness (QED) is 0.785. The number of hydrogen-bond donors (Lipinski definition) is 2. The highest BCUT2D eigenvalue weighted by molar-refractivity contribution is 5.94. The minimum absolute atomic E-state index is 0.0186. The Hall–Kier alpha value is -2.70. The highest BCUT2D eigenvalue weighted by Gasteiger charge is 2.23. The zero-order valence-electron chi connectivity index (χ0n) is 14.0. The number of carbonyl (C=O) groups excluding carboxylic acids is 2. The molecule has 1 saturated carbocycles. The summed E-state index contributed by atoms with van der Waals surface area (Å²) in [7, 11) is 0. The molecule has 1 aliphatic rings. The van der Waals surface area contributed by atoms with Crippen LogP contribution in [0.2, 0.25) is 0 Å². The van der Waals surface area contributed by atoms with Crippen LogP contribution in [0.5, 0.6) is 0 Å². The monoisotopic (exact) mass is 342 g/mol. The Kier molecular flexibility index (Phi) is 5.77. The van der Waals surface area contributed by atoms with Crippen molar-refractivity contribution < 1.29 is 14.1 Å². The molecule has 25 heavy (non-hydrogen) atoms. The van der Waals surface area contributed by atoms with E-state index in [1.165, 1.54) is 19.3 Å². The van der Waals surface area contributed by atoms with E-state index < -0.39 is 5.91 Å². The first-order valence-electron chi connectivity index (χ1n) is 8.69. The van der Waals surface area contributed by atoms with Crippen LogP contribution in [0.15, 0.2) is 34.9 Å². The molecule has 2 N–H and O–H groups in total. The average Bonchev–Trinajstić information content (AvgIpc) is 3.16. The Morgan fingerprint density at radius 3 is 2.40 bits per heavy atom. The fourth-order valence-corrected chi connectivity index (χ4v) is 2.97. The Labute approximate surface area is 146 Å². The zero-order valence-corrected chi connectivity index (χ0v) is 14.0. The van der Waals surface area contributed by atoms with Gasteiger partial charge in [-0.2, -0.15) is 4.98 Å². The van der Waals surface area contributed by atoms with Gasteiger partial charge in [-0.1, -0.05) is 42.6 Å². The molecule has 132 valence electrons. The number of carbonyl (C=O) groups is 2. The van der Waals surface area contributed by atoms with Gasteiger partial charge in [0.1, 0.15) is 0 Å². The average molecular weight is 342 g/mol. The standard InChI is InChI=1S/C18H22N4O3/c23-16(14-9-5-2-6-10-14)19-11-12-20-17(24)18-21-15(22-25-18)13-7-3-1-4-8-13/h2,5-6,9-10,13H,1,3-4,7-8,11-12H2,(H,19,23)(H,20,24). The number of amides is 2. The minimum Gasteiger partial charge on any atom is -0.350 e. The van der Waals surface area contributed by atoms with Gasteiger partial charge in [0.05, 0.1) is 0 Å². The maximum atomic E-state index is 12.0. The maximum Gasteiger partial charge on any atom is 0.315 e. The lowest BCUT2D eigenvalue weighted by atomic mass is 9.89. The van der Waals surface area contributed by atoms with Crippen LogP contribution in [-0.2, 0) is 0 Å². The third-order valence-electron chi connectivity index (χ3n) is 4.34. The molecule has 1 aliphatic carbocycles. The molecule has 0 radical (unpaired) electrons. The molecule has 1 aromatic heterocycles. The van der Waals surface area contributed by atoms with Crippen LogP contribution in [0.1, 0.15) is 64.9 Å². The first kappa shape index (κ1) is 17.1. The Morgan fingerprint density at radius 2 is 1.68 bits per heavy atom. The van der Waals surface area contributed by atoms with Crippen molar-refractivity contribution in [2.45, 2.75) is 38.0 Å². The molecule has 0 spiro atoms.